The van der Waals surface area contributed by atoms with Crippen LogP contribution in [0.25, 0.3) is 11.1 Å². The Bertz CT molecular complexity index is 1350. The van der Waals surface area contributed by atoms with E-state index in [0.717, 1.165) is 11.1 Å². The number of hydrogen-bond donors (Lipinski definition) is 0. The molecule has 0 unspecified atom stereocenters. The third-order valence-electron chi connectivity index (χ3n) is 5.95. The van der Waals surface area contributed by atoms with Gasteiger partial charge in [0.2, 0.25) is 0 Å². The highest BCUT2D eigenvalue weighted by Gasteiger charge is 2.09. The fourth-order valence-corrected chi connectivity index (χ4v) is 3.98. The van der Waals surface area contributed by atoms with Crippen LogP contribution in [0.2, 0.25) is 0 Å². The van der Waals surface area contributed by atoms with Crippen LogP contribution in [0.15, 0.2) is 133 Å². The van der Waals surface area contributed by atoms with Gasteiger partial charge >= 0.3 is 23.9 Å². The Hall–Kier alpha value is -5.50. The van der Waals surface area contributed by atoms with Crippen molar-refractivity contribution < 1.29 is 38.1 Å². The van der Waals surface area contributed by atoms with Crippen LogP contribution in [0.5, 0.6) is 0 Å². The van der Waals surface area contributed by atoms with Crippen LogP contribution in [0.1, 0.15) is 38.8 Å². The number of carbonyl (C=O) groups excluding carboxylic acids is 4. The van der Waals surface area contributed by atoms with E-state index in [0.29, 0.717) is 22.3 Å². The highest BCUT2D eigenvalue weighted by atomic mass is 16.5. The monoisotopic (exact) mass is 624 g/mol. The summed E-state index contributed by atoms with van der Waals surface area (Å²) < 4.78 is 20.3. The van der Waals surface area contributed by atoms with Gasteiger partial charge in [0, 0.05) is 24.3 Å². The van der Waals surface area contributed by atoms with Gasteiger partial charge in [0.05, 0.1) is 26.4 Å². The van der Waals surface area contributed by atoms with Crippen molar-refractivity contribution in [3.63, 3.8) is 0 Å². The summed E-state index contributed by atoms with van der Waals surface area (Å²) in [4.78, 5) is 49.1. The van der Waals surface area contributed by atoms with Gasteiger partial charge in [-0.3, -0.25) is 0 Å². The average Bonchev–Trinajstić information content (AvgIpc) is 3.05. The topological polar surface area (TPSA) is 105 Å². The molecule has 0 aliphatic rings. The summed E-state index contributed by atoms with van der Waals surface area (Å²) in [5.74, 6) is -2.16. The van der Waals surface area contributed by atoms with Gasteiger partial charge in [0.25, 0.3) is 0 Å². The molecule has 0 aliphatic heterocycles. The fourth-order valence-electron chi connectivity index (χ4n) is 3.98. The van der Waals surface area contributed by atoms with E-state index in [-0.39, 0.29) is 26.4 Å². The van der Waals surface area contributed by atoms with Gasteiger partial charge in [0.15, 0.2) is 0 Å². The number of carbonyl (C=O) groups is 4. The van der Waals surface area contributed by atoms with Gasteiger partial charge in [-0.05, 0) is 85.4 Å². The fraction of sp³-hybridized carbons (Fsp3) is 0.211. The molecule has 2 aromatic carbocycles. The molecule has 0 saturated heterocycles. The first-order valence-electron chi connectivity index (χ1n) is 15.0. The van der Waals surface area contributed by atoms with Crippen LogP contribution in [0.3, 0.4) is 0 Å². The first-order valence-corrected chi connectivity index (χ1v) is 15.0. The van der Waals surface area contributed by atoms with E-state index in [1.165, 1.54) is 24.3 Å². The third-order valence-corrected chi connectivity index (χ3v) is 5.95. The van der Waals surface area contributed by atoms with Crippen LogP contribution >= 0.6 is 0 Å². The molecule has 0 radical (unpaired) electrons. The largest absolute Gasteiger partial charge is 0.463 e. The molecule has 2 rings (SSSR count). The lowest BCUT2D eigenvalue weighted by Gasteiger charge is -2.11. The van der Waals surface area contributed by atoms with E-state index in [2.05, 4.69) is 0 Å². The molecule has 0 spiro atoms. The number of benzene rings is 2. The maximum atomic E-state index is 12.3. The molecule has 0 amide bonds. The molecule has 0 heterocycles. The third kappa shape index (κ3) is 13.4. The zero-order valence-electron chi connectivity index (χ0n) is 26.6. The van der Waals surface area contributed by atoms with Gasteiger partial charge in [-0.1, -0.05) is 72.8 Å². The van der Waals surface area contributed by atoms with Crippen LogP contribution in [0, 0.1) is 0 Å². The van der Waals surface area contributed by atoms with Crippen molar-refractivity contribution in [1.29, 1.82) is 0 Å². The lowest BCUT2D eigenvalue weighted by molar-refractivity contribution is -0.138. The zero-order chi connectivity index (χ0) is 33.6. The highest BCUT2D eigenvalue weighted by molar-refractivity contribution is 5.92. The maximum Gasteiger partial charge on any atom is 0.330 e. The van der Waals surface area contributed by atoms with Crippen molar-refractivity contribution >= 4 is 35.0 Å². The van der Waals surface area contributed by atoms with Gasteiger partial charge in [0.1, 0.15) is 0 Å². The normalized spacial score (nSPS) is 11.3. The Kier molecular flexibility index (Phi) is 16.9. The summed E-state index contributed by atoms with van der Waals surface area (Å²) in [6.45, 7) is 7.67. The van der Waals surface area contributed by atoms with Crippen LogP contribution in [-0.2, 0) is 38.1 Å². The Morgan fingerprint density at radius 3 is 0.913 bits per heavy atom. The Labute approximate surface area is 270 Å². The molecule has 8 heteroatoms. The van der Waals surface area contributed by atoms with E-state index in [9.17, 15) is 19.2 Å². The number of ether oxygens (including phenoxy) is 4. The first-order chi connectivity index (χ1) is 22.3. The molecular weight excluding hydrogens is 584 g/mol. The Morgan fingerprint density at radius 1 is 0.413 bits per heavy atom. The minimum absolute atomic E-state index is 0.207. The number of rotatable bonds is 16. The summed E-state index contributed by atoms with van der Waals surface area (Å²) in [6, 6.07) is 18.8. The molecule has 0 fully saturated rings. The molecule has 0 bridgehead atoms. The molecule has 2 aromatic rings. The molecular formula is C38H40O8. The second kappa shape index (κ2) is 21.2. The Morgan fingerprint density at radius 2 is 0.674 bits per heavy atom. The lowest BCUT2D eigenvalue weighted by atomic mass is 9.94. The molecule has 240 valence electrons. The van der Waals surface area contributed by atoms with Crippen molar-refractivity contribution in [2.24, 2.45) is 0 Å². The van der Waals surface area contributed by atoms with E-state index < -0.39 is 23.9 Å². The highest BCUT2D eigenvalue weighted by Crippen LogP contribution is 2.28. The second-order valence-electron chi connectivity index (χ2n) is 9.14. The van der Waals surface area contributed by atoms with E-state index in [4.69, 9.17) is 18.9 Å². The zero-order valence-corrected chi connectivity index (χ0v) is 26.6. The smallest absolute Gasteiger partial charge is 0.330 e. The van der Waals surface area contributed by atoms with Crippen molar-refractivity contribution in [3.05, 3.63) is 144 Å². The maximum absolute atomic E-state index is 12.3. The number of esters is 4. The van der Waals surface area contributed by atoms with Crippen molar-refractivity contribution in [2.45, 2.75) is 27.7 Å². The Balaban J connectivity index is 2.93. The molecule has 0 saturated carbocycles. The summed E-state index contributed by atoms with van der Waals surface area (Å²) in [6.07, 6.45) is 15.1. The quantitative estimate of drug-likeness (QED) is 0.0857. The minimum atomic E-state index is -0.540. The van der Waals surface area contributed by atoms with Gasteiger partial charge in [-0.15, -0.1) is 0 Å². The molecule has 0 atom stereocenters. The van der Waals surface area contributed by atoms with Gasteiger partial charge in [-0.25, -0.2) is 19.2 Å². The average molecular weight is 625 g/mol. The summed E-state index contributed by atoms with van der Waals surface area (Å²) in [5.41, 5.74) is 3.91. The van der Waals surface area contributed by atoms with E-state index >= 15 is 0 Å². The van der Waals surface area contributed by atoms with Crippen molar-refractivity contribution in [1.82, 2.24) is 0 Å². The molecule has 46 heavy (non-hydrogen) atoms. The second-order valence-corrected chi connectivity index (χ2v) is 9.14. The molecule has 0 N–H and O–H groups in total. The predicted molar refractivity (Wildman–Crippen MR) is 179 cm³/mol. The number of hydrogen-bond acceptors (Lipinski definition) is 8. The summed E-state index contributed by atoms with van der Waals surface area (Å²) in [7, 11) is 0. The van der Waals surface area contributed by atoms with Gasteiger partial charge in [-0.2, -0.15) is 0 Å². The molecule has 0 aromatic heterocycles. The predicted octanol–water partition coefficient (Wildman–Crippen LogP) is 6.93. The van der Waals surface area contributed by atoms with E-state index in [1.54, 1.807) is 52.0 Å². The van der Waals surface area contributed by atoms with Crippen molar-refractivity contribution in [3.8, 4) is 0 Å². The minimum Gasteiger partial charge on any atom is -0.463 e. The van der Waals surface area contributed by atoms with E-state index in [1.807, 2.05) is 72.8 Å². The SMILES string of the molecule is CCOC(=O)/C=C/C(/C=C/C(=O)OCC)=C(/C=C/C(=C(/C=C/C(=O)OCC)/C=C/C(=O)OCC)c1ccccc1)c1ccccc1. The number of allylic oxidation sites excluding steroid dienone is 10. The first kappa shape index (κ1) is 36.7. The molecule has 0 aliphatic carbocycles. The molecule has 8 nitrogen and oxygen atoms in total. The van der Waals surface area contributed by atoms with Crippen LogP contribution in [0.4, 0.5) is 0 Å². The summed E-state index contributed by atoms with van der Waals surface area (Å²) in [5, 5.41) is 0. The standard InChI is InChI=1S/C38H40O8/c1-5-43-35(39)25-19-31(20-26-36(40)44-6-2)33(29-15-11-9-12-16-29)23-24-34(30-17-13-10-14-18-30)32(21-27-37(41)45-7-3)22-28-38(42)46-8-4/h9-28H,5-8H2,1-4H3/b24-23+,25-19+,26-20+,27-21+,28-22+. The lowest BCUT2D eigenvalue weighted by Crippen LogP contribution is -2.01. The summed E-state index contributed by atoms with van der Waals surface area (Å²) >= 11 is 0. The van der Waals surface area contributed by atoms with Crippen LogP contribution in [-0.4, -0.2) is 50.3 Å². The van der Waals surface area contributed by atoms with Crippen molar-refractivity contribution in [2.75, 3.05) is 26.4 Å². The van der Waals surface area contributed by atoms with Gasteiger partial charge < -0.3 is 18.9 Å². The van der Waals surface area contributed by atoms with Crippen LogP contribution < -0.4 is 0 Å².